The van der Waals surface area contributed by atoms with Crippen LogP contribution in [0.15, 0.2) is 42.7 Å². The highest BCUT2D eigenvalue weighted by atomic mass is 16.5. The molecule has 0 radical (unpaired) electrons. The van der Waals surface area contributed by atoms with Crippen molar-refractivity contribution in [2.75, 3.05) is 25.6 Å². The number of ether oxygens (including phenoxy) is 1. The van der Waals surface area contributed by atoms with Gasteiger partial charge in [0, 0.05) is 19.9 Å². The zero-order chi connectivity index (χ0) is 15.4. The number of aromatic nitrogens is 2. The third-order valence-corrected chi connectivity index (χ3v) is 3.87. The highest BCUT2D eigenvalue weighted by molar-refractivity contribution is 5.89. The van der Waals surface area contributed by atoms with Crippen LogP contribution in [0.2, 0.25) is 0 Å². The van der Waals surface area contributed by atoms with Crippen molar-refractivity contribution in [3.8, 4) is 0 Å². The van der Waals surface area contributed by atoms with Gasteiger partial charge in [-0.05, 0) is 12.0 Å². The Labute approximate surface area is 129 Å². The lowest BCUT2D eigenvalue weighted by Gasteiger charge is -2.41. The van der Waals surface area contributed by atoms with E-state index in [1.807, 2.05) is 29.3 Å². The van der Waals surface area contributed by atoms with Gasteiger partial charge in [-0.1, -0.05) is 30.3 Å². The van der Waals surface area contributed by atoms with Crippen molar-refractivity contribution in [2.45, 2.75) is 19.0 Å². The summed E-state index contributed by atoms with van der Waals surface area (Å²) in [6.07, 6.45) is 4.48. The smallest absolute Gasteiger partial charge is 0.322 e. The molecule has 0 unspecified atom stereocenters. The van der Waals surface area contributed by atoms with Gasteiger partial charge < -0.3 is 15.0 Å². The highest BCUT2D eigenvalue weighted by Gasteiger charge is 2.33. The molecule has 1 atom stereocenters. The summed E-state index contributed by atoms with van der Waals surface area (Å²) in [6, 6.07) is 10.2. The maximum Gasteiger partial charge on any atom is 0.322 e. The minimum absolute atomic E-state index is 0.0774. The van der Waals surface area contributed by atoms with E-state index in [2.05, 4.69) is 22.5 Å². The van der Waals surface area contributed by atoms with E-state index in [1.165, 1.54) is 5.56 Å². The predicted molar refractivity (Wildman–Crippen MR) is 83.6 cm³/mol. The SMILES string of the molecule is COCCn1cc(NC(=O)N2CC[C@@H]2c2ccccc2)cn1. The summed E-state index contributed by atoms with van der Waals surface area (Å²) < 4.78 is 6.76. The molecular formula is C16H20N4O2. The summed E-state index contributed by atoms with van der Waals surface area (Å²) in [5.41, 5.74) is 1.89. The Morgan fingerprint density at radius 1 is 1.41 bits per heavy atom. The van der Waals surface area contributed by atoms with Gasteiger partial charge >= 0.3 is 6.03 Å². The fourth-order valence-electron chi connectivity index (χ4n) is 2.58. The molecule has 6 heteroatoms. The summed E-state index contributed by atoms with van der Waals surface area (Å²) in [5, 5.41) is 7.09. The van der Waals surface area contributed by atoms with E-state index in [4.69, 9.17) is 4.74 Å². The first-order valence-electron chi connectivity index (χ1n) is 7.42. The van der Waals surface area contributed by atoms with Crippen LogP contribution in [0.25, 0.3) is 0 Å². The van der Waals surface area contributed by atoms with Gasteiger partial charge in [0.2, 0.25) is 0 Å². The predicted octanol–water partition coefficient (Wildman–Crippen LogP) is 2.51. The summed E-state index contributed by atoms with van der Waals surface area (Å²) in [4.78, 5) is 14.2. The number of carbonyl (C=O) groups excluding carboxylic acids is 1. The van der Waals surface area contributed by atoms with Crippen LogP contribution in [0.4, 0.5) is 10.5 Å². The first-order chi connectivity index (χ1) is 10.8. The Morgan fingerprint density at radius 3 is 2.91 bits per heavy atom. The quantitative estimate of drug-likeness (QED) is 0.923. The molecule has 116 valence electrons. The molecule has 1 aromatic heterocycles. The lowest BCUT2D eigenvalue weighted by Crippen LogP contribution is -2.47. The molecule has 1 aliphatic heterocycles. The molecule has 1 saturated heterocycles. The lowest BCUT2D eigenvalue weighted by molar-refractivity contribution is 0.126. The molecule has 0 spiro atoms. The normalized spacial score (nSPS) is 17.1. The molecular weight excluding hydrogens is 280 g/mol. The Kier molecular flexibility index (Phi) is 4.39. The van der Waals surface area contributed by atoms with Crippen molar-refractivity contribution in [1.29, 1.82) is 0 Å². The monoisotopic (exact) mass is 300 g/mol. The number of rotatable bonds is 5. The number of nitrogens with one attached hydrogen (secondary N) is 1. The second-order valence-electron chi connectivity index (χ2n) is 5.32. The zero-order valence-corrected chi connectivity index (χ0v) is 12.6. The number of methoxy groups -OCH3 is 1. The molecule has 0 saturated carbocycles. The molecule has 0 bridgehead atoms. The molecule has 1 fully saturated rings. The van der Waals surface area contributed by atoms with Crippen LogP contribution in [0.1, 0.15) is 18.0 Å². The molecule has 22 heavy (non-hydrogen) atoms. The number of amides is 2. The number of benzene rings is 1. The number of carbonyl (C=O) groups is 1. The van der Waals surface area contributed by atoms with Crippen molar-refractivity contribution >= 4 is 11.7 Å². The van der Waals surface area contributed by atoms with E-state index < -0.39 is 0 Å². The molecule has 3 rings (SSSR count). The molecule has 6 nitrogen and oxygen atoms in total. The van der Waals surface area contributed by atoms with Crippen molar-refractivity contribution in [2.24, 2.45) is 0 Å². The van der Waals surface area contributed by atoms with Crippen molar-refractivity contribution in [3.05, 3.63) is 48.3 Å². The number of nitrogens with zero attached hydrogens (tertiary/aromatic N) is 3. The Hall–Kier alpha value is -2.34. The van der Waals surface area contributed by atoms with E-state index in [-0.39, 0.29) is 12.1 Å². The molecule has 0 aliphatic carbocycles. The second kappa shape index (κ2) is 6.62. The van der Waals surface area contributed by atoms with Crippen molar-refractivity contribution in [1.82, 2.24) is 14.7 Å². The van der Waals surface area contributed by atoms with Gasteiger partial charge in [-0.15, -0.1) is 0 Å². The van der Waals surface area contributed by atoms with Crippen LogP contribution in [-0.4, -0.2) is 41.0 Å². The van der Waals surface area contributed by atoms with Gasteiger partial charge in [-0.3, -0.25) is 4.68 Å². The van der Waals surface area contributed by atoms with Crippen molar-refractivity contribution < 1.29 is 9.53 Å². The van der Waals surface area contributed by atoms with Crippen LogP contribution < -0.4 is 5.32 Å². The molecule has 2 amide bonds. The number of likely N-dealkylation sites (tertiary alicyclic amines) is 1. The molecule has 1 aromatic carbocycles. The largest absolute Gasteiger partial charge is 0.383 e. The van der Waals surface area contributed by atoms with E-state index in [0.717, 1.165) is 13.0 Å². The lowest BCUT2D eigenvalue weighted by atomic mass is 9.95. The average Bonchev–Trinajstić information content (AvgIpc) is 2.92. The third-order valence-electron chi connectivity index (χ3n) is 3.87. The Morgan fingerprint density at radius 2 is 2.23 bits per heavy atom. The second-order valence-corrected chi connectivity index (χ2v) is 5.32. The van der Waals surface area contributed by atoms with Crippen LogP contribution in [0, 0.1) is 0 Å². The van der Waals surface area contributed by atoms with E-state index in [0.29, 0.717) is 18.8 Å². The van der Waals surface area contributed by atoms with Gasteiger partial charge in [0.25, 0.3) is 0 Å². The topological polar surface area (TPSA) is 59.4 Å². The Bertz CT molecular complexity index is 626. The Balaban J connectivity index is 1.59. The summed E-state index contributed by atoms with van der Waals surface area (Å²) in [5.74, 6) is 0. The molecule has 2 heterocycles. The number of hydrogen-bond donors (Lipinski definition) is 1. The van der Waals surface area contributed by atoms with Gasteiger partial charge in [0.15, 0.2) is 0 Å². The van der Waals surface area contributed by atoms with Gasteiger partial charge in [0.1, 0.15) is 0 Å². The van der Waals surface area contributed by atoms with Gasteiger partial charge in [-0.2, -0.15) is 5.10 Å². The number of anilines is 1. The first-order valence-corrected chi connectivity index (χ1v) is 7.42. The first kappa shape index (κ1) is 14.6. The third kappa shape index (κ3) is 3.12. The summed E-state index contributed by atoms with van der Waals surface area (Å²) in [7, 11) is 1.65. The molecule has 2 aromatic rings. The maximum atomic E-state index is 12.4. The highest BCUT2D eigenvalue weighted by Crippen LogP contribution is 2.33. The van der Waals surface area contributed by atoms with Gasteiger partial charge in [0.05, 0.1) is 31.1 Å². The van der Waals surface area contributed by atoms with Crippen LogP contribution in [0.3, 0.4) is 0 Å². The molecule has 1 aliphatic rings. The van der Waals surface area contributed by atoms with E-state index in [9.17, 15) is 4.79 Å². The maximum absolute atomic E-state index is 12.4. The standard InChI is InChI=1S/C16H20N4O2/c1-22-10-9-19-12-14(11-17-19)18-16(21)20-8-7-15(20)13-5-3-2-4-6-13/h2-6,11-12,15H,7-10H2,1H3,(H,18,21)/t15-/m1/s1. The van der Waals surface area contributed by atoms with Gasteiger partial charge in [-0.25, -0.2) is 4.79 Å². The fourth-order valence-corrected chi connectivity index (χ4v) is 2.58. The number of hydrogen-bond acceptors (Lipinski definition) is 3. The fraction of sp³-hybridized carbons (Fsp3) is 0.375. The molecule has 1 N–H and O–H groups in total. The average molecular weight is 300 g/mol. The van der Waals surface area contributed by atoms with E-state index >= 15 is 0 Å². The van der Waals surface area contributed by atoms with E-state index in [1.54, 1.807) is 18.0 Å². The van der Waals surface area contributed by atoms with Crippen LogP contribution >= 0.6 is 0 Å². The van der Waals surface area contributed by atoms with Crippen LogP contribution in [-0.2, 0) is 11.3 Å². The zero-order valence-electron chi connectivity index (χ0n) is 12.6. The minimum Gasteiger partial charge on any atom is -0.383 e. The van der Waals surface area contributed by atoms with Crippen LogP contribution in [0.5, 0.6) is 0 Å². The van der Waals surface area contributed by atoms with Crippen molar-refractivity contribution in [3.63, 3.8) is 0 Å². The summed E-state index contributed by atoms with van der Waals surface area (Å²) >= 11 is 0. The minimum atomic E-state index is -0.0774. The summed E-state index contributed by atoms with van der Waals surface area (Å²) in [6.45, 7) is 2.04. The number of urea groups is 1.